The Balaban J connectivity index is 1.93. The molecule has 0 unspecified atom stereocenters. The zero-order chi connectivity index (χ0) is 18.7. The van der Waals surface area contributed by atoms with Crippen LogP contribution >= 0.6 is 0 Å². The van der Waals surface area contributed by atoms with Gasteiger partial charge in [-0.15, -0.1) is 0 Å². The number of hydrogen-bond acceptors (Lipinski definition) is 5. The van der Waals surface area contributed by atoms with Gasteiger partial charge in [0, 0.05) is 29.7 Å². The molecule has 26 heavy (non-hydrogen) atoms. The first-order valence-corrected chi connectivity index (χ1v) is 7.81. The van der Waals surface area contributed by atoms with Crippen molar-refractivity contribution in [3.05, 3.63) is 64.4 Å². The van der Waals surface area contributed by atoms with Gasteiger partial charge in [0.25, 0.3) is 5.56 Å². The summed E-state index contributed by atoms with van der Waals surface area (Å²) in [6.45, 7) is 0. The number of aromatic amines is 1. The minimum Gasteiger partial charge on any atom is -0.494 e. The summed E-state index contributed by atoms with van der Waals surface area (Å²) >= 11 is 0. The van der Waals surface area contributed by atoms with E-state index in [1.165, 1.54) is 18.2 Å². The number of H-pyrrole nitrogens is 1. The Bertz CT molecular complexity index is 1040. The quantitative estimate of drug-likeness (QED) is 0.709. The van der Waals surface area contributed by atoms with Crippen LogP contribution in [0.5, 0.6) is 5.88 Å². The number of carbonyl (C=O) groups is 1. The molecule has 1 heterocycles. The van der Waals surface area contributed by atoms with Crippen molar-refractivity contribution in [2.24, 2.45) is 4.99 Å². The number of amides is 1. The molecule has 0 saturated heterocycles. The largest absolute Gasteiger partial charge is 0.494 e. The first-order valence-electron chi connectivity index (χ1n) is 7.81. The van der Waals surface area contributed by atoms with E-state index in [0.29, 0.717) is 27.7 Å². The highest BCUT2D eigenvalue weighted by Gasteiger charge is 2.10. The molecule has 2 aromatic carbocycles. The molecule has 0 spiro atoms. The van der Waals surface area contributed by atoms with Crippen molar-refractivity contribution in [3.8, 4) is 5.88 Å². The third kappa shape index (κ3) is 3.27. The van der Waals surface area contributed by atoms with Crippen LogP contribution in [0.2, 0.25) is 0 Å². The van der Waals surface area contributed by atoms with Crippen LogP contribution < -0.4 is 10.5 Å². The summed E-state index contributed by atoms with van der Waals surface area (Å²) in [5.74, 6) is -0.237. The Morgan fingerprint density at radius 3 is 2.46 bits per heavy atom. The Kier molecular flexibility index (Phi) is 4.70. The average molecular weight is 351 g/mol. The Labute approximate surface area is 149 Å². The van der Waals surface area contributed by atoms with Gasteiger partial charge in [-0.1, -0.05) is 18.2 Å². The van der Waals surface area contributed by atoms with Crippen LogP contribution in [0.4, 0.5) is 16.2 Å². The number of carbonyl (C=O) groups excluding carboxylic acids is 1. The highest BCUT2D eigenvalue weighted by atomic mass is 16.5. The lowest BCUT2D eigenvalue weighted by atomic mass is 10.1. The van der Waals surface area contributed by atoms with Crippen LogP contribution in [0.1, 0.15) is 5.56 Å². The highest BCUT2D eigenvalue weighted by Crippen LogP contribution is 2.23. The van der Waals surface area contributed by atoms with Crippen molar-refractivity contribution >= 4 is 34.5 Å². The molecular weight excluding hydrogens is 334 g/mol. The van der Waals surface area contributed by atoms with Crippen LogP contribution in [-0.2, 0) is 4.74 Å². The van der Waals surface area contributed by atoms with Gasteiger partial charge in [0.1, 0.15) is 0 Å². The monoisotopic (exact) mass is 351 g/mol. The third-order valence-corrected chi connectivity index (χ3v) is 3.98. The summed E-state index contributed by atoms with van der Waals surface area (Å²) < 4.78 is 4.67. The molecule has 7 heteroatoms. The predicted octanol–water partition coefficient (Wildman–Crippen LogP) is 3.19. The summed E-state index contributed by atoms with van der Waals surface area (Å²) in [5, 5.41) is 11.2. The van der Waals surface area contributed by atoms with Gasteiger partial charge >= 0.3 is 6.09 Å². The molecular formula is C19H17N3O4. The molecule has 1 amide bonds. The molecule has 3 aromatic rings. The molecule has 132 valence electrons. The molecule has 3 rings (SSSR count). The molecule has 1 aromatic heterocycles. The summed E-state index contributed by atoms with van der Waals surface area (Å²) in [6.07, 6.45) is 1.03. The van der Waals surface area contributed by atoms with E-state index in [4.69, 9.17) is 0 Å². The molecule has 0 fully saturated rings. The van der Waals surface area contributed by atoms with Crippen molar-refractivity contribution in [2.45, 2.75) is 0 Å². The number of nitrogens with zero attached hydrogens (tertiary/aromatic N) is 2. The number of anilines is 1. The molecule has 0 aliphatic rings. The van der Waals surface area contributed by atoms with E-state index in [0.717, 1.165) is 0 Å². The molecule has 0 radical (unpaired) electrons. The lowest BCUT2D eigenvalue weighted by Crippen LogP contribution is -2.25. The second-order valence-electron chi connectivity index (χ2n) is 5.57. The second-order valence-corrected chi connectivity index (χ2v) is 5.57. The number of nitrogens with one attached hydrogen (secondary N) is 1. The van der Waals surface area contributed by atoms with Crippen LogP contribution in [0, 0.1) is 0 Å². The number of benzene rings is 2. The van der Waals surface area contributed by atoms with Gasteiger partial charge in [-0.2, -0.15) is 0 Å². The zero-order valence-corrected chi connectivity index (χ0v) is 14.3. The first kappa shape index (κ1) is 17.2. The fraction of sp³-hybridized carbons (Fsp3) is 0.105. The van der Waals surface area contributed by atoms with Gasteiger partial charge in [0.2, 0.25) is 5.88 Å². The summed E-state index contributed by atoms with van der Waals surface area (Å²) in [7, 11) is 2.92. The number of hydrogen-bond donors (Lipinski definition) is 2. The molecule has 0 atom stereocenters. The fourth-order valence-corrected chi connectivity index (χ4v) is 2.56. The molecule has 7 nitrogen and oxygen atoms in total. The van der Waals surface area contributed by atoms with Crippen molar-refractivity contribution < 1.29 is 14.6 Å². The lowest BCUT2D eigenvalue weighted by molar-refractivity contribution is 0.180. The van der Waals surface area contributed by atoms with Crippen molar-refractivity contribution in [2.75, 3.05) is 19.1 Å². The highest BCUT2D eigenvalue weighted by molar-refractivity contribution is 6.01. The summed E-state index contributed by atoms with van der Waals surface area (Å²) in [5.41, 5.74) is 1.36. The second kappa shape index (κ2) is 7.10. The number of aromatic hydroxyl groups is 1. The molecule has 0 aliphatic heterocycles. The number of aliphatic imine (C=N–C) groups is 1. The SMILES string of the molecule is COC(=O)N(C)c1ccc(N=Cc2c(O)[nH]c(=O)c3ccccc23)cc1. The Morgan fingerprint density at radius 1 is 1.15 bits per heavy atom. The van der Waals surface area contributed by atoms with Gasteiger partial charge in [0.05, 0.1) is 18.4 Å². The molecule has 2 N–H and O–H groups in total. The van der Waals surface area contributed by atoms with Crippen LogP contribution in [-0.4, -0.2) is 36.6 Å². The van der Waals surface area contributed by atoms with Crippen molar-refractivity contribution in [1.82, 2.24) is 4.98 Å². The first-order chi connectivity index (χ1) is 12.5. The Hall–Kier alpha value is -3.61. The zero-order valence-electron chi connectivity index (χ0n) is 14.3. The predicted molar refractivity (Wildman–Crippen MR) is 101 cm³/mol. The van der Waals surface area contributed by atoms with E-state index in [9.17, 15) is 14.7 Å². The van der Waals surface area contributed by atoms with Crippen molar-refractivity contribution in [3.63, 3.8) is 0 Å². The fourth-order valence-electron chi connectivity index (χ4n) is 2.56. The minimum atomic E-state index is -0.467. The number of fused-ring (bicyclic) bond motifs is 1. The van der Waals surface area contributed by atoms with Gasteiger partial charge in [0.15, 0.2) is 0 Å². The van der Waals surface area contributed by atoms with Crippen molar-refractivity contribution in [1.29, 1.82) is 0 Å². The van der Waals surface area contributed by atoms with Gasteiger partial charge < -0.3 is 9.84 Å². The molecule has 0 bridgehead atoms. The lowest BCUT2D eigenvalue weighted by Gasteiger charge is -2.15. The van der Waals surface area contributed by atoms with Crippen LogP contribution in [0.15, 0.2) is 58.3 Å². The van der Waals surface area contributed by atoms with E-state index in [2.05, 4.69) is 14.7 Å². The van der Waals surface area contributed by atoms with E-state index >= 15 is 0 Å². The van der Waals surface area contributed by atoms with Crippen LogP contribution in [0.3, 0.4) is 0 Å². The maximum Gasteiger partial charge on any atom is 0.413 e. The van der Waals surface area contributed by atoms with E-state index in [1.807, 2.05) is 0 Å². The summed E-state index contributed by atoms with van der Waals surface area (Å²) in [6, 6.07) is 13.9. The van der Waals surface area contributed by atoms with E-state index < -0.39 is 6.09 Å². The number of ether oxygens (including phenoxy) is 1. The maximum atomic E-state index is 11.9. The molecule has 0 saturated carbocycles. The van der Waals surface area contributed by atoms with Crippen LogP contribution in [0.25, 0.3) is 10.8 Å². The standard InChI is InChI=1S/C19H17N3O4/c1-22(19(25)26-2)13-9-7-12(8-10-13)20-11-16-14-5-3-4-6-15(14)17(23)21-18(16)24/h3-11H,1-2H3,(H2,21,23,24). The number of methoxy groups -OCH3 is 1. The van der Waals surface area contributed by atoms with Gasteiger partial charge in [-0.25, -0.2) is 4.79 Å². The third-order valence-electron chi connectivity index (χ3n) is 3.98. The Morgan fingerprint density at radius 2 is 1.81 bits per heavy atom. The van der Waals surface area contributed by atoms with E-state index in [1.54, 1.807) is 55.6 Å². The molecule has 0 aliphatic carbocycles. The van der Waals surface area contributed by atoms with E-state index in [-0.39, 0.29) is 11.4 Å². The average Bonchev–Trinajstić information content (AvgIpc) is 2.67. The van der Waals surface area contributed by atoms with Gasteiger partial charge in [-0.05, 0) is 30.3 Å². The minimum absolute atomic E-state index is 0.237. The van der Waals surface area contributed by atoms with Gasteiger partial charge in [-0.3, -0.25) is 19.7 Å². The normalized spacial score (nSPS) is 11.0. The number of pyridine rings is 1. The number of aromatic nitrogens is 1. The number of rotatable bonds is 3. The summed E-state index contributed by atoms with van der Waals surface area (Å²) in [4.78, 5) is 31.5. The topological polar surface area (TPSA) is 95.0 Å². The maximum absolute atomic E-state index is 11.9. The smallest absolute Gasteiger partial charge is 0.413 e.